The molecular formula is C9H11FN2O4S. The highest BCUT2D eigenvalue weighted by molar-refractivity contribution is 7.90. The summed E-state index contributed by atoms with van der Waals surface area (Å²) >= 11 is 0. The predicted octanol–water partition coefficient (Wildman–Crippen LogP) is 0.742. The van der Waals surface area contributed by atoms with E-state index in [2.05, 4.69) is 0 Å². The number of rotatable bonds is 4. The summed E-state index contributed by atoms with van der Waals surface area (Å²) in [6, 6.07) is 2.91. The fourth-order valence-electron chi connectivity index (χ4n) is 0.961. The smallest absolute Gasteiger partial charge is 0.335 e. The average molecular weight is 262 g/mol. The van der Waals surface area contributed by atoms with Crippen molar-refractivity contribution in [1.82, 2.24) is 4.31 Å². The van der Waals surface area contributed by atoms with Crippen LogP contribution in [0, 0.1) is 5.82 Å². The van der Waals surface area contributed by atoms with Crippen molar-refractivity contribution in [3.8, 4) is 0 Å². The van der Waals surface area contributed by atoms with Crippen molar-refractivity contribution in [3.05, 3.63) is 29.6 Å². The van der Waals surface area contributed by atoms with Gasteiger partial charge in [0.2, 0.25) is 0 Å². The number of hydrogen-bond donors (Lipinski definition) is 2. The van der Waals surface area contributed by atoms with Gasteiger partial charge in [-0.25, -0.2) is 9.18 Å². The van der Waals surface area contributed by atoms with Gasteiger partial charge in [-0.1, -0.05) is 0 Å². The molecule has 6 nitrogen and oxygen atoms in total. The molecule has 0 bridgehead atoms. The quantitative estimate of drug-likeness (QED) is 0.838. The van der Waals surface area contributed by atoms with Crippen LogP contribution in [-0.2, 0) is 10.2 Å². The maximum Gasteiger partial charge on any atom is 0.335 e. The molecule has 0 saturated carbocycles. The lowest BCUT2D eigenvalue weighted by molar-refractivity contribution is 0.0696. The molecule has 0 saturated heterocycles. The van der Waals surface area contributed by atoms with Gasteiger partial charge in [0.1, 0.15) is 5.82 Å². The zero-order valence-electron chi connectivity index (χ0n) is 9.14. The lowest BCUT2D eigenvalue weighted by Crippen LogP contribution is -2.29. The second-order valence-electron chi connectivity index (χ2n) is 3.39. The summed E-state index contributed by atoms with van der Waals surface area (Å²) in [5, 5.41) is 8.61. The van der Waals surface area contributed by atoms with Crippen molar-refractivity contribution in [3.63, 3.8) is 0 Å². The Labute approximate surface area is 97.9 Å². The Morgan fingerprint density at radius 1 is 1.41 bits per heavy atom. The summed E-state index contributed by atoms with van der Waals surface area (Å²) in [6.45, 7) is 0. The van der Waals surface area contributed by atoms with Crippen LogP contribution in [0.3, 0.4) is 0 Å². The van der Waals surface area contributed by atoms with Gasteiger partial charge in [-0.2, -0.15) is 12.7 Å². The van der Waals surface area contributed by atoms with Crippen LogP contribution in [0.5, 0.6) is 0 Å². The summed E-state index contributed by atoms with van der Waals surface area (Å²) in [7, 11) is -1.24. The van der Waals surface area contributed by atoms with Crippen LogP contribution in [0.2, 0.25) is 0 Å². The highest BCUT2D eigenvalue weighted by Crippen LogP contribution is 2.17. The topological polar surface area (TPSA) is 86.7 Å². The lowest BCUT2D eigenvalue weighted by Gasteiger charge is -2.13. The van der Waals surface area contributed by atoms with E-state index in [1.807, 2.05) is 4.72 Å². The van der Waals surface area contributed by atoms with Gasteiger partial charge in [0, 0.05) is 14.1 Å². The number of carboxylic acids is 1. The fourth-order valence-corrected chi connectivity index (χ4v) is 1.59. The number of halogens is 1. The SMILES string of the molecule is CN(C)S(=O)(=O)Nc1ccc(C(=O)O)cc1F. The number of nitrogens with one attached hydrogen (secondary N) is 1. The van der Waals surface area contributed by atoms with E-state index in [1.165, 1.54) is 14.1 Å². The third kappa shape index (κ3) is 3.14. The standard InChI is InChI=1S/C9H11FN2O4S/c1-12(2)17(15,16)11-8-4-3-6(9(13)14)5-7(8)10/h3-5,11H,1-2H3,(H,13,14). The van der Waals surface area contributed by atoms with Gasteiger partial charge in [-0.05, 0) is 18.2 Å². The van der Waals surface area contributed by atoms with Gasteiger partial charge < -0.3 is 5.11 Å². The Morgan fingerprint density at radius 2 is 2.00 bits per heavy atom. The third-order valence-electron chi connectivity index (χ3n) is 1.94. The molecule has 0 aliphatic heterocycles. The number of benzene rings is 1. The number of aromatic carboxylic acids is 1. The summed E-state index contributed by atoms with van der Waals surface area (Å²) in [4.78, 5) is 10.5. The highest BCUT2D eigenvalue weighted by atomic mass is 32.2. The van der Waals surface area contributed by atoms with E-state index in [9.17, 15) is 17.6 Å². The molecule has 0 amide bonds. The minimum Gasteiger partial charge on any atom is -0.478 e. The molecule has 94 valence electrons. The first-order chi connectivity index (χ1) is 7.74. The molecule has 1 aromatic carbocycles. The molecule has 1 aromatic rings. The van der Waals surface area contributed by atoms with Gasteiger partial charge in [0.15, 0.2) is 0 Å². The van der Waals surface area contributed by atoms with Crippen molar-refractivity contribution in [1.29, 1.82) is 0 Å². The van der Waals surface area contributed by atoms with E-state index in [4.69, 9.17) is 5.11 Å². The van der Waals surface area contributed by atoms with Crippen LogP contribution in [0.25, 0.3) is 0 Å². The van der Waals surface area contributed by atoms with E-state index >= 15 is 0 Å². The first kappa shape index (κ1) is 13.4. The zero-order valence-corrected chi connectivity index (χ0v) is 9.95. The van der Waals surface area contributed by atoms with Crippen molar-refractivity contribution < 1.29 is 22.7 Å². The molecule has 17 heavy (non-hydrogen) atoms. The van der Waals surface area contributed by atoms with Gasteiger partial charge >= 0.3 is 16.2 Å². The average Bonchev–Trinajstić information content (AvgIpc) is 2.20. The number of anilines is 1. The van der Waals surface area contributed by atoms with Crippen LogP contribution in [-0.4, -0.2) is 37.9 Å². The summed E-state index contributed by atoms with van der Waals surface area (Å²) < 4.78 is 39.1. The monoisotopic (exact) mass is 262 g/mol. The normalized spacial score (nSPS) is 11.5. The first-order valence-corrected chi connectivity index (χ1v) is 5.91. The van der Waals surface area contributed by atoms with Crippen LogP contribution in [0.1, 0.15) is 10.4 Å². The van der Waals surface area contributed by atoms with Gasteiger partial charge in [0.05, 0.1) is 11.3 Å². The van der Waals surface area contributed by atoms with Gasteiger partial charge in [-0.15, -0.1) is 0 Å². The van der Waals surface area contributed by atoms with Crippen LogP contribution in [0.15, 0.2) is 18.2 Å². The Bertz CT molecular complexity index is 542. The summed E-state index contributed by atoms with van der Waals surface area (Å²) in [5.74, 6) is -2.23. The molecule has 0 spiro atoms. The molecule has 0 aromatic heterocycles. The predicted molar refractivity (Wildman–Crippen MR) is 59.6 cm³/mol. The molecule has 0 unspecified atom stereocenters. The molecule has 0 aliphatic rings. The van der Waals surface area contributed by atoms with Gasteiger partial charge in [0.25, 0.3) is 0 Å². The summed E-state index contributed by atoms with van der Waals surface area (Å²) in [5.41, 5.74) is -0.556. The van der Waals surface area contributed by atoms with Crippen LogP contribution in [0.4, 0.5) is 10.1 Å². The maximum absolute atomic E-state index is 13.4. The second-order valence-corrected chi connectivity index (χ2v) is 5.27. The Morgan fingerprint density at radius 3 is 2.41 bits per heavy atom. The minimum absolute atomic E-state index is 0.254. The van der Waals surface area contributed by atoms with Crippen molar-refractivity contribution in [2.24, 2.45) is 0 Å². The largest absolute Gasteiger partial charge is 0.478 e. The maximum atomic E-state index is 13.4. The van der Waals surface area contributed by atoms with Crippen molar-refractivity contribution in [2.45, 2.75) is 0 Å². The molecular weight excluding hydrogens is 251 g/mol. The Balaban J connectivity index is 3.06. The molecule has 2 N–H and O–H groups in total. The summed E-state index contributed by atoms with van der Waals surface area (Å²) in [6.07, 6.45) is 0. The highest BCUT2D eigenvalue weighted by Gasteiger charge is 2.16. The van der Waals surface area contributed by atoms with Crippen LogP contribution >= 0.6 is 0 Å². The molecule has 8 heteroatoms. The molecule has 0 atom stereocenters. The number of carboxylic acid groups (broad SMARTS) is 1. The van der Waals surface area contributed by atoms with Gasteiger partial charge in [-0.3, -0.25) is 4.72 Å². The molecule has 0 fully saturated rings. The fraction of sp³-hybridized carbons (Fsp3) is 0.222. The lowest BCUT2D eigenvalue weighted by atomic mass is 10.2. The minimum atomic E-state index is -3.81. The van der Waals surface area contributed by atoms with E-state index in [0.717, 1.165) is 22.5 Å². The zero-order chi connectivity index (χ0) is 13.2. The molecule has 0 aliphatic carbocycles. The van der Waals surface area contributed by atoms with E-state index in [0.29, 0.717) is 0 Å². The van der Waals surface area contributed by atoms with Crippen LogP contribution < -0.4 is 4.72 Å². The number of carbonyl (C=O) groups is 1. The Hall–Kier alpha value is -1.67. The molecule has 0 heterocycles. The molecule has 0 radical (unpaired) electrons. The van der Waals surface area contributed by atoms with Crippen molar-refractivity contribution >= 4 is 21.9 Å². The first-order valence-electron chi connectivity index (χ1n) is 4.47. The van der Waals surface area contributed by atoms with Crippen molar-refractivity contribution in [2.75, 3.05) is 18.8 Å². The third-order valence-corrected chi connectivity index (χ3v) is 3.37. The number of hydrogen-bond acceptors (Lipinski definition) is 3. The number of nitrogens with zero attached hydrogens (tertiary/aromatic N) is 1. The van der Waals surface area contributed by atoms with E-state index in [1.54, 1.807) is 0 Å². The second kappa shape index (κ2) is 4.68. The molecule has 1 rings (SSSR count). The Kier molecular flexibility index (Phi) is 3.69. The van der Waals surface area contributed by atoms with E-state index in [-0.39, 0.29) is 11.3 Å². The van der Waals surface area contributed by atoms with E-state index < -0.39 is 22.0 Å².